The van der Waals surface area contributed by atoms with Crippen molar-refractivity contribution >= 4 is 27.6 Å². The van der Waals surface area contributed by atoms with Gasteiger partial charge in [-0.3, -0.25) is 0 Å². The van der Waals surface area contributed by atoms with Gasteiger partial charge in [-0.05, 0) is 0 Å². The molecule has 0 spiro atoms. The average Bonchev–Trinajstić information content (AvgIpc) is 1.68. The summed E-state index contributed by atoms with van der Waals surface area (Å²) in [5.74, 6) is 0. The van der Waals surface area contributed by atoms with Crippen LogP contribution < -0.4 is 0 Å². The molecule has 0 aliphatic rings. The molecule has 0 aliphatic heterocycles. The Morgan fingerprint density at radius 2 is 1.50 bits per heavy atom. The fourth-order valence-electron chi connectivity index (χ4n) is 0.771. The summed E-state index contributed by atoms with van der Waals surface area (Å²) in [6.45, 7) is 4.45. The zero-order chi connectivity index (χ0) is 6.41. The van der Waals surface area contributed by atoms with Gasteiger partial charge in [0.05, 0.1) is 0 Å². The molecule has 0 unspecified atom stereocenters. The number of rotatable bonds is 4. The van der Waals surface area contributed by atoms with Crippen molar-refractivity contribution in [2.24, 2.45) is 0 Å². The molecule has 0 heterocycles. The first kappa shape index (κ1) is 9.09. The molecule has 0 nitrogen and oxygen atoms in total. The summed E-state index contributed by atoms with van der Waals surface area (Å²) in [6.07, 6.45) is 2.62. The molecule has 0 aromatic heterocycles. The fourth-order valence-corrected chi connectivity index (χ4v) is 8.10. The predicted octanol–water partition coefficient (Wildman–Crippen LogP) is 2.77. The summed E-state index contributed by atoms with van der Waals surface area (Å²) < 4.78 is 2.77. The molecule has 0 radical (unpaired) electrons. The van der Waals surface area contributed by atoms with Crippen LogP contribution in [0.1, 0.15) is 26.7 Å². The second kappa shape index (κ2) is 6.21. The molecule has 0 rings (SSSR count). The van der Waals surface area contributed by atoms with E-state index in [0.29, 0.717) is 0 Å². The van der Waals surface area contributed by atoms with Crippen LogP contribution in [0.15, 0.2) is 0 Å². The summed E-state index contributed by atoms with van der Waals surface area (Å²) in [6, 6.07) is 0. The van der Waals surface area contributed by atoms with E-state index in [4.69, 9.17) is 8.92 Å². The molecule has 0 amide bonds. The van der Waals surface area contributed by atoms with E-state index in [9.17, 15) is 0 Å². The van der Waals surface area contributed by atoms with E-state index in [2.05, 4.69) is 13.8 Å². The zero-order valence-electron chi connectivity index (χ0n) is 5.78. The van der Waals surface area contributed by atoms with Crippen LogP contribution in [0.25, 0.3) is 0 Å². The van der Waals surface area contributed by atoms with Gasteiger partial charge in [0.25, 0.3) is 0 Å². The van der Waals surface area contributed by atoms with Crippen LogP contribution in [0.5, 0.6) is 0 Å². The van der Waals surface area contributed by atoms with E-state index in [1.807, 2.05) is 0 Å². The molecular formula is C6H15ClSn. The van der Waals surface area contributed by atoms with Gasteiger partial charge in [-0.1, -0.05) is 0 Å². The Morgan fingerprint density at radius 1 is 1.12 bits per heavy atom. The molecule has 0 fully saturated rings. The standard InChI is InChI=1S/2C3H7.ClH.Sn.H/c2*1-3-2;;;/h2*1,3H2,2H3;1H;;/q;;;+1;/p-1. The molecule has 0 N–H and O–H groups in total. The summed E-state index contributed by atoms with van der Waals surface area (Å²) in [5.41, 5.74) is 0. The van der Waals surface area contributed by atoms with Crippen LogP contribution >= 0.6 is 8.92 Å². The minimum absolute atomic E-state index is 1.31. The molecule has 0 bridgehead atoms. The molecule has 0 saturated carbocycles. The van der Waals surface area contributed by atoms with Crippen LogP contribution in [-0.2, 0) is 0 Å². The number of hydrogen-bond donors (Lipinski definition) is 0. The first-order chi connectivity index (χ1) is 3.81. The van der Waals surface area contributed by atoms with Crippen molar-refractivity contribution < 1.29 is 0 Å². The quantitative estimate of drug-likeness (QED) is 0.664. The average molecular weight is 241 g/mol. The minimum atomic E-state index is -1.33. The Morgan fingerprint density at radius 3 is 1.75 bits per heavy atom. The van der Waals surface area contributed by atoms with Crippen molar-refractivity contribution in [2.45, 2.75) is 35.6 Å². The first-order valence-corrected chi connectivity index (χ1v) is 12.3. The van der Waals surface area contributed by atoms with E-state index in [-0.39, 0.29) is 0 Å². The van der Waals surface area contributed by atoms with Crippen LogP contribution in [0.2, 0.25) is 8.87 Å². The van der Waals surface area contributed by atoms with Gasteiger partial charge in [0.1, 0.15) is 0 Å². The summed E-state index contributed by atoms with van der Waals surface area (Å²) in [5, 5.41) is 0. The van der Waals surface area contributed by atoms with E-state index >= 15 is 0 Å². The van der Waals surface area contributed by atoms with Crippen LogP contribution in [0, 0.1) is 0 Å². The van der Waals surface area contributed by atoms with Gasteiger partial charge in [0.2, 0.25) is 0 Å². The van der Waals surface area contributed by atoms with Crippen molar-refractivity contribution in [3.63, 3.8) is 0 Å². The van der Waals surface area contributed by atoms with Gasteiger partial charge in [0, 0.05) is 0 Å². The van der Waals surface area contributed by atoms with E-state index in [0.717, 1.165) is 0 Å². The van der Waals surface area contributed by atoms with Gasteiger partial charge in [0.15, 0.2) is 0 Å². The molecule has 2 heteroatoms. The van der Waals surface area contributed by atoms with E-state index in [1.54, 1.807) is 0 Å². The van der Waals surface area contributed by atoms with Crippen LogP contribution in [0.4, 0.5) is 0 Å². The number of hydrogen-bond acceptors (Lipinski definition) is 0. The summed E-state index contributed by atoms with van der Waals surface area (Å²) in [7, 11) is 6.09. The first-order valence-electron chi connectivity index (χ1n) is 3.45. The maximum atomic E-state index is 6.09. The van der Waals surface area contributed by atoms with Crippen LogP contribution in [-0.4, -0.2) is 18.6 Å². The second-order valence-corrected chi connectivity index (χ2v) is 13.0. The third-order valence-corrected chi connectivity index (χ3v) is 11.0. The fraction of sp³-hybridized carbons (Fsp3) is 1.00. The Bertz CT molecular complexity index is 41.8. The van der Waals surface area contributed by atoms with Crippen molar-refractivity contribution in [3.8, 4) is 0 Å². The van der Waals surface area contributed by atoms with Crippen molar-refractivity contribution in [1.29, 1.82) is 0 Å². The van der Waals surface area contributed by atoms with Gasteiger partial charge in [-0.25, -0.2) is 0 Å². The van der Waals surface area contributed by atoms with E-state index in [1.165, 1.54) is 21.7 Å². The van der Waals surface area contributed by atoms with Crippen molar-refractivity contribution in [2.75, 3.05) is 0 Å². The van der Waals surface area contributed by atoms with Gasteiger partial charge in [-0.15, -0.1) is 0 Å². The molecule has 0 atom stereocenters. The maximum absolute atomic E-state index is 6.09. The Kier molecular flexibility index (Phi) is 7.06. The van der Waals surface area contributed by atoms with Crippen molar-refractivity contribution in [3.05, 3.63) is 0 Å². The number of halogens is 1. The molecule has 8 heavy (non-hydrogen) atoms. The van der Waals surface area contributed by atoms with Crippen LogP contribution in [0.3, 0.4) is 0 Å². The summed E-state index contributed by atoms with van der Waals surface area (Å²) in [4.78, 5) is 0. The van der Waals surface area contributed by atoms with Gasteiger partial charge in [-0.2, -0.15) is 0 Å². The molecule has 0 aliphatic carbocycles. The normalized spacial score (nSPS) is 10.5. The Labute approximate surface area is 63.1 Å². The molecule has 0 aromatic carbocycles. The summed E-state index contributed by atoms with van der Waals surface area (Å²) >= 11 is -1.33. The van der Waals surface area contributed by atoms with Crippen molar-refractivity contribution in [1.82, 2.24) is 0 Å². The van der Waals surface area contributed by atoms with Gasteiger partial charge < -0.3 is 0 Å². The Hall–Kier alpha value is 1.09. The SMILES string of the molecule is CC[CH2][SnH]([Cl])[CH2]CC. The molecule has 0 saturated heterocycles. The molecule has 50 valence electrons. The topological polar surface area (TPSA) is 0 Å². The third kappa shape index (κ3) is 5.23. The zero-order valence-corrected chi connectivity index (χ0v) is 9.84. The molecule has 0 aromatic rings. The van der Waals surface area contributed by atoms with E-state index < -0.39 is 18.6 Å². The molecular weight excluding hydrogens is 226 g/mol. The van der Waals surface area contributed by atoms with Gasteiger partial charge >= 0.3 is 63.1 Å². The third-order valence-electron chi connectivity index (χ3n) is 1.20. The Balaban J connectivity index is 2.92. The monoisotopic (exact) mass is 242 g/mol. The second-order valence-electron chi connectivity index (χ2n) is 2.17. The predicted molar refractivity (Wildman–Crippen MR) is 43.2 cm³/mol.